The third-order valence-electron chi connectivity index (χ3n) is 13.4. The lowest BCUT2D eigenvalue weighted by molar-refractivity contribution is 0.0757. The molecule has 4 aromatic carbocycles. The van der Waals surface area contributed by atoms with Gasteiger partial charge in [0.1, 0.15) is 53.4 Å². The summed E-state index contributed by atoms with van der Waals surface area (Å²) in [6.07, 6.45) is 1.36. The maximum atomic E-state index is 13.4. The van der Waals surface area contributed by atoms with Crippen LogP contribution in [-0.4, -0.2) is 169 Å². The number of halogens is 3. The highest BCUT2D eigenvalue weighted by Crippen LogP contribution is 2.48. The van der Waals surface area contributed by atoms with E-state index in [1.807, 2.05) is 4.90 Å². The van der Waals surface area contributed by atoms with Crippen molar-refractivity contribution in [3.63, 3.8) is 0 Å². The van der Waals surface area contributed by atoms with E-state index < -0.39 is 51.7 Å². The van der Waals surface area contributed by atoms with E-state index in [0.717, 1.165) is 0 Å². The molecule has 4 aliphatic rings. The van der Waals surface area contributed by atoms with Crippen LogP contribution in [0.1, 0.15) is 43.0 Å². The minimum atomic E-state index is -4.21. The lowest BCUT2D eigenvalue weighted by atomic mass is 10.0. The van der Waals surface area contributed by atoms with Crippen LogP contribution in [0.2, 0.25) is 19.6 Å². The fraction of sp³-hybridized carbons (Fsp3) is 0.358. The number of aromatic nitrogens is 2. The number of phenolic OH excluding ortho intramolecular Hbond substituents is 2. The van der Waals surface area contributed by atoms with E-state index in [1.54, 1.807) is 53.4 Å². The number of aromatic hydroxyl groups is 2. The molecule has 0 aliphatic carbocycles. The molecule has 2 fully saturated rings. The van der Waals surface area contributed by atoms with Gasteiger partial charge in [0, 0.05) is 114 Å². The summed E-state index contributed by atoms with van der Waals surface area (Å²) < 4.78 is 72.1. The molecular weight excluding hydrogens is 1180 g/mol. The molecule has 0 spiro atoms. The Labute approximate surface area is 474 Å². The Morgan fingerprint density at radius 2 is 0.975 bits per heavy atom. The Bertz CT molecular complexity index is 3420. The zero-order valence-corrected chi connectivity index (χ0v) is 49.3. The van der Waals surface area contributed by atoms with Gasteiger partial charge in [-0.15, -0.1) is 15.3 Å². The number of rotatable bonds is 12. The number of ether oxygens (including phenoxy) is 2. The van der Waals surface area contributed by atoms with Crippen molar-refractivity contribution >= 4 is 83.0 Å². The van der Waals surface area contributed by atoms with Crippen LogP contribution in [0.25, 0.3) is 21.8 Å². The van der Waals surface area contributed by atoms with Gasteiger partial charge in [0.15, 0.2) is 11.5 Å². The SMILES string of the molecule is COP(=O)(CN1CCN(C(=O)Oc2c3c(c(O)c4ncccc24)C(=O)N(Cc2ccc(F)cc2)C3)CC1)OC.C[Si](C)(C)Br.O=C(Oc1c2c(c(O)c3ncccc13)C(=O)N(Cc1ccc(F)cc1)C2)N1CCN(CP(=O)(O)O)CC1. The minimum Gasteiger partial charge on any atom is -0.505 e. The highest BCUT2D eigenvalue weighted by Gasteiger charge is 2.39. The summed E-state index contributed by atoms with van der Waals surface area (Å²) in [6.45, 7) is 8.85. The molecule has 0 radical (unpaired) electrons. The lowest BCUT2D eigenvalue weighted by Crippen LogP contribution is -2.49. The number of fused-ring (bicyclic) bond motifs is 4. The highest BCUT2D eigenvalue weighted by molar-refractivity contribution is 9.26. The minimum absolute atomic E-state index is 0.00238. The van der Waals surface area contributed by atoms with Crippen molar-refractivity contribution in [2.75, 3.05) is 79.1 Å². The standard InChI is InChI=1S/C26H28FN4O7P.C24H24FN4O7P.C3H9BrSi/c1-36-39(35,37-2)16-29-10-12-30(13-11-29)26(34)38-24-19-4-3-9-28-22(19)23(32)21-20(24)15-31(25(21)33)14-17-5-7-18(27)8-6-17;25-16-5-3-15(4-6-16)12-29-13-18-19(23(29)31)21(30)20-17(2-1-7-26-20)22(18)36-24(32)28-10-8-27(9-11-28)14-37(33,34)35;1-5(2,3)4/h3-9,32H,10-16H2,1-2H3;1-7,30H,8-14H2,(H2,33,34,35);1-3H3. The van der Waals surface area contributed by atoms with Gasteiger partial charge < -0.3 is 58.1 Å². The number of pyridine rings is 2. The van der Waals surface area contributed by atoms with E-state index >= 15 is 0 Å². The van der Waals surface area contributed by atoms with Crippen molar-refractivity contribution in [2.45, 2.75) is 45.8 Å². The van der Waals surface area contributed by atoms with Crippen LogP contribution in [-0.2, 0) is 44.4 Å². The van der Waals surface area contributed by atoms with Gasteiger partial charge in [0.25, 0.3) is 11.8 Å². The number of amides is 4. The third-order valence-corrected chi connectivity index (χ3v) is 16.0. The predicted octanol–water partition coefficient (Wildman–Crippen LogP) is 8.50. The number of phenols is 2. The Morgan fingerprint density at radius 3 is 1.32 bits per heavy atom. The largest absolute Gasteiger partial charge is 0.505 e. The van der Waals surface area contributed by atoms with E-state index in [2.05, 4.69) is 44.9 Å². The smallest absolute Gasteiger partial charge is 0.415 e. The molecule has 0 atom stereocenters. The van der Waals surface area contributed by atoms with Crippen LogP contribution in [0.5, 0.6) is 23.0 Å². The van der Waals surface area contributed by atoms with Crippen LogP contribution in [0.15, 0.2) is 85.2 Å². The topological polar surface area (TPSA) is 265 Å². The summed E-state index contributed by atoms with van der Waals surface area (Å²) in [5.74, 6) is -1.98. The Morgan fingerprint density at radius 1 is 0.617 bits per heavy atom. The van der Waals surface area contributed by atoms with E-state index in [0.29, 0.717) is 59.2 Å². The summed E-state index contributed by atoms with van der Waals surface area (Å²) in [6, 6.07) is 18.1. The molecule has 6 heterocycles. The van der Waals surface area contributed by atoms with E-state index in [1.165, 1.54) is 70.5 Å². The van der Waals surface area contributed by atoms with E-state index in [4.69, 9.17) is 18.5 Å². The molecule has 0 unspecified atom stereocenters. The van der Waals surface area contributed by atoms with Crippen LogP contribution < -0.4 is 9.47 Å². The summed E-state index contributed by atoms with van der Waals surface area (Å²) in [5, 5.41) is 22.6. The Kier molecular flexibility index (Phi) is 19.0. The first-order chi connectivity index (χ1) is 38.3. The number of nitrogens with zero attached hydrogens (tertiary/aromatic N) is 8. The first-order valence-corrected chi connectivity index (χ1v) is 34.8. The lowest BCUT2D eigenvalue weighted by Gasteiger charge is -2.34. The number of hydrogen-bond donors (Lipinski definition) is 4. The molecular formula is C53H61BrF2N8O14P2Si. The quantitative estimate of drug-likeness (QED) is 0.0508. The molecule has 2 saturated heterocycles. The monoisotopic (exact) mass is 1240 g/mol. The third kappa shape index (κ3) is 14.8. The van der Waals surface area contributed by atoms with Crippen molar-refractivity contribution in [3.05, 3.63) is 130 Å². The summed E-state index contributed by atoms with van der Waals surface area (Å²) >= 11 is 3.51. The summed E-state index contributed by atoms with van der Waals surface area (Å²) in [7, 11) is -4.77. The maximum Gasteiger partial charge on any atom is 0.415 e. The van der Waals surface area contributed by atoms with Crippen molar-refractivity contribution in [1.82, 2.24) is 39.4 Å². The molecule has 4 aliphatic heterocycles. The number of piperazine rings is 2. The molecule has 6 aromatic rings. The normalized spacial score (nSPS) is 16.0. The maximum absolute atomic E-state index is 13.4. The summed E-state index contributed by atoms with van der Waals surface area (Å²) in [4.78, 5) is 89.1. The van der Waals surface area contributed by atoms with Crippen molar-refractivity contribution in [1.29, 1.82) is 0 Å². The van der Waals surface area contributed by atoms with Crippen LogP contribution in [0, 0.1) is 11.6 Å². The van der Waals surface area contributed by atoms with Gasteiger partial charge in [0.05, 0.1) is 24.2 Å². The second kappa shape index (κ2) is 25.4. The van der Waals surface area contributed by atoms with Gasteiger partial charge in [-0.1, -0.05) is 43.9 Å². The molecule has 432 valence electrons. The van der Waals surface area contributed by atoms with Crippen LogP contribution in [0.3, 0.4) is 0 Å². The molecule has 22 nitrogen and oxygen atoms in total. The Hall–Kier alpha value is -6.44. The molecule has 4 amide bonds. The first kappa shape index (κ1) is 60.6. The second-order valence-corrected chi connectivity index (χ2v) is 35.5. The fourth-order valence-corrected chi connectivity index (χ4v) is 11.4. The zero-order chi connectivity index (χ0) is 58.6. The van der Waals surface area contributed by atoms with Gasteiger partial charge >= 0.3 is 27.4 Å². The average Bonchev–Trinajstić information content (AvgIpc) is 3.94. The first-order valence-electron chi connectivity index (χ1n) is 25.5. The molecule has 81 heavy (non-hydrogen) atoms. The number of carbonyl (C=O) groups is 4. The number of carbonyl (C=O) groups excluding carboxylic acids is 4. The molecule has 0 saturated carbocycles. The molecule has 10 rings (SSSR count). The molecule has 0 bridgehead atoms. The van der Waals surface area contributed by atoms with Crippen molar-refractivity contribution < 1.29 is 75.6 Å². The number of benzene rings is 4. The van der Waals surface area contributed by atoms with E-state index in [9.17, 15) is 57.1 Å². The fourth-order valence-electron chi connectivity index (χ4n) is 9.49. The number of hydrogen-bond acceptors (Lipinski definition) is 16. The van der Waals surface area contributed by atoms with Crippen molar-refractivity contribution in [2.24, 2.45) is 0 Å². The zero-order valence-electron chi connectivity index (χ0n) is 45.0. The van der Waals surface area contributed by atoms with Crippen LogP contribution in [0.4, 0.5) is 18.4 Å². The second-order valence-electron chi connectivity index (χ2n) is 20.4. The average molecular weight is 1240 g/mol. The van der Waals surface area contributed by atoms with Gasteiger partial charge in [-0.25, -0.2) is 18.4 Å². The van der Waals surface area contributed by atoms with Gasteiger partial charge in [-0.05, 0) is 59.7 Å². The van der Waals surface area contributed by atoms with Crippen LogP contribution >= 0.6 is 30.5 Å². The highest BCUT2D eigenvalue weighted by atomic mass is 79.9. The van der Waals surface area contributed by atoms with Gasteiger partial charge in [-0.2, -0.15) is 0 Å². The van der Waals surface area contributed by atoms with Gasteiger partial charge in [-0.3, -0.25) is 38.5 Å². The molecule has 28 heteroatoms. The molecule has 4 N–H and O–H groups in total. The van der Waals surface area contributed by atoms with E-state index in [-0.39, 0.29) is 116 Å². The molecule has 2 aromatic heterocycles. The van der Waals surface area contributed by atoms with Gasteiger partial charge in [0.2, 0.25) is 0 Å². The van der Waals surface area contributed by atoms with Crippen molar-refractivity contribution in [3.8, 4) is 23.0 Å². The predicted molar refractivity (Wildman–Crippen MR) is 301 cm³/mol. The Balaban J connectivity index is 0.000000196. The summed E-state index contributed by atoms with van der Waals surface area (Å²) in [5.41, 5.74) is 2.43.